The number of aromatic amines is 1. The molecule has 28 heavy (non-hydrogen) atoms. The van der Waals surface area contributed by atoms with Gasteiger partial charge in [0.2, 0.25) is 0 Å². The average Bonchev–Trinajstić information content (AvgIpc) is 2.66. The van der Waals surface area contributed by atoms with Crippen LogP contribution in [-0.4, -0.2) is 15.9 Å². The van der Waals surface area contributed by atoms with Crippen LogP contribution in [0.5, 0.6) is 0 Å². The monoisotopic (exact) mass is 388 g/mol. The maximum atomic E-state index is 12.7. The number of alkyl halides is 3. The Labute approximate surface area is 157 Å². The molecule has 144 valence electrons. The fraction of sp³-hybridized carbons (Fsp3) is 0.150. The van der Waals surface area contributed by atoms with Crippen molar-refractivity contribution in [3.63, 3.8) is 0 Å². The molecule has 1 N–H and O–H groups in total. The summed E-state index contributed by atoms with van der Waals surface area (Å²) in [6.45, 7) is 1.53. The van der Waals surface area contributed by atoms with Crippen molar-refractivity contribution >= 4 is 22.9 Å². The van der Waals surface area contributed by atoms with Crippen molar-refractivity contribution in [2.75, 3.05) is 0 Å². The van der Waals surface area contributed by atoms with Crippen LogP contribution >= 0.6 is 0 Å². The first kappa shape index (κ1) is 19.3. The van der Waals surface area contributed by atoms with E-state index in [0.29, 0.717) is 10.9 Å². The van der Waals surface area contributed by atoms with Gasteiger partial charge >= 0.3 is 12.1 Å². The number of hydrogen-bond acceptors (Lipinski definition) is 4. The van der Waals surface area contributed by atoms with Crippen molar-refractivity contribution in [3.8, 4) is 0 Å². The van der Waals surface area contributed by atoms with E-state index in [1.807, 2.05) is 0 Å². The second-order valence-electron chi connectivity index (χ2n) is 6.00. The topological polar surface area (TPSA) is 72.0 Å². The van der Waals surface area contributed by atoms with Crippen molar-refractivity contribution in [1.29, 1.82) is 0 Å². The van der Waals surface area contributed by atoms with Crippen LogP contribution in [0.25, 0.3) is 17.0 Å². The number of nitrogens with zero attached hydrogens (tertiary/aromatic N) is 1. The smallest absolute Gasteiger partial charge is 0.416 e. The number of para-hydroxylation sites is 1. The van der Waals surface area contributed by atoms with Gasteiger partial charge in [-0.1, -0.05) is 24.3 Å². The first-order valence-electron chi connectivity index (χ1n) is 8.29. The fourth-order valence-electron chi connectivity index (χ4n) is 2.55. The molecule has 2 aromatic carbocycles. The Morgan fingerprint density at radius 1 is 1.18 bits per heavy atom. The van der Waals surface area contributed by atoms with Crippen molar-refractivity contribution in [3.05, 3.63) is 81.9 Å². The van der Waals surface area contributed by atoms with Crippen molar-refractivity contribution in [2.45, 2.75) is 19.2 Å². The number of aromatic nitrogens is 2. The van der Waals surface area contributed by atoms with E-state index >= 15 is 0 Å². The lowest BCUT2D eigenvalue weighted by Gasteiger charge is -2.11. The van der Waals surface area contributed by atoms with Crippen molar-refractivity contribution in [1.82, 2.24) is 9.97 Å². The third kappa shape index (κ3) is 4.46. The summed E-state index contributed by atoms with van der Waals surface area (Å²) in [6, 6.07) is 11.3. The molecule has 3 aromatic rings. The molecule has 0 aliphatic carbocycles. The van der Waals surface area contributed by atoms with Gasteiger partial charge in [-0.25, -0.2) is 9.78 Å². The SMILES string of the molecule is C[C@@H](OC(=O)/C=C/c1cccc(C(F)(F)F)c1)c1nc2ccccc2c(=O)[nH]1. The predicted molar refractivity (Wildman–Crippen MR) is 97.3 cm³/mol. The summed E-state index contributed by atoms with van der Waals surface area (Å²) in [6.07, 6.45) is -3.07. The molecule has 0 aliphatic rings. The molecule has 1 atom stereocenters. The molecule has 1 aromatic heterocycles. The van der Waals surface area contributed by atoms with Crippen LogP contribution in [0.15, 0.2) is 59.4 Å². The van der Waals surface area contributed by atoms with Gasteiger partial charge in [-0.3, -0.25) is 4.79 Å². The van der Waals surface area contributed by atoms with Crippen LogP contribution < -0.4 is 5.56 Å². The molecule has 0 bridgehead atoms. The Morgan fingerprint density at radius 2 is 1.93 bits per heavy atom. The number of carbonyl (C=O) groups excluding carboxylic acids is 1. The summed E-state index contributed by atoms with van der Waals surface area (Å²) in [5, 5.41) is 0.411. The number of halogens is 3. The lowest BCUT2D eigenvalue weighted by atomic mass is 10.1. The molecule has 0 radical (unpaired) electrons. The molecule has 0 fully saturated rings. The molecular weight excluding hydrogens is 373 g/mol. The van der Waals surface area contributed by atoms with E-state index in [-0.39, 0.29) is 16.9 Å². The minimum atomic E-state index is -4.47. The Kier molecular flexibility index (Phi) is 5.30. The molecule has 1 heterocycles. The zero-order valence-corrected chi connectivity index (χ0v) is 14.7. The summed E-state index contributed by atoms with van der Waals surface area (Å²) < 4.78 is 43.3. The number of carbonyl (C=O) groups is 1. The van der Waals surface area contributed by atoms with Gasteiger partial charge in [0.25, 0.3) is 5.56 Å². The first-order chi connectivity index (χ1) is 13.2. The molecule has 0 unspecified atom stereocenters. The van der Waals surface area contributed by atoms with Gasteiger partial charge in [-0.15, -0.1) is 0 Å². The third-order valence-electron chi connectivity index (χ3n) is 3.93. The summed E-state index contributed by atoms with van der Waals surface area (Å²) >= 11 is 0. The minimum Gasteiger partial charge on any atom is -0.451 e. The van der Waals surface area contributed by atoms with Gasteiger partial charge < -0.3 is 9.72 Å². The maximum Gasteiger partial charge on any atom is 0.416 e. The van der Waals surface area contributed by atoms with Crippen molar-refractivity contribution in [2.24, 2.45) is 0 Å². The number of ether oxygens (including phenoxy) is 1. The molecule has 0 saturated carbocycles. The average molecular weight is 388 g/mol. The molecule has 3 rings (SSSR count). The second-order valence-corrected chi connectivity index (χ2v) is 6.00. The molecule has 0 aliphatic heterocycles. The van der Waals surface area contributed by atoms with Crippen molar-refractivity contribution < 1.29 is 22.7 Å². The molecular formula is C20H15F3N2O3. The predicted octanol–water partition coefficient (Wildman–Crippen LogP) is 4.26. The Hall–Kier alpha value is -3.42. The highest BCUT2D eigenvalue weighted by Gasteiger charge is 2.30. The van der Waals surface area contributed by atoms with Gasteiger partial charge in [-0.2, -0.15) is 13.2 Å². The van der Waals surface area contributed by atoms with Gasteiger partial charge in [0.1, 0.15) is 0 Å². The van der Waals surface area contributed by atoms with E-state index in [1.165, 1.54) is 25.1 Å². The van der Waals surface area contributed by atoms with E-state index in [0.717, 1.165) is 18.2 Å². The number of benzene rings is 2. The number of rotatable bonds is 4. The van der Waals surface area contributed by atoms with Crippen LogP contribution in [0.1, 0.15) is 30.0 Å². The summed E-state index contributed by atoms with van der Waals surface area (Å²) in [5.41, 5.74) is -0.502. The van der Waals surface area contributed by atoms with Gasteiger partial charge in [0.05, 0.1) is 16.5 Å². The number of H-pyrrole nitrogens is 1. The van der Waals surface area contributed by atoms with E-state index in [4.69, 9.17) is 4.74 Å². The van der Waals surface area contributed by atoms with Gasteiger partial charge in [0.15, 0.2) is 11.9 Å². The lowest BCUT2D eigenvalue weighted by Crippen LogP contribution is -2.16. The highest BCUT2D eigenvalue weighted by Crippen LogP contribution is 2.29. The number of fused-ring (bicyclic) bond motifs is 1. The highest BCUT2D eigenvalue weighted by molar-refractivity contribution is 5.87. The largest absolute Gasteiger partial charge is 0.451 e. The van der Waals surface area contributed by atoms with Crippen LogP contribution in [0, 0.1) is 0 Å². The van der Waals surface area contributed by atoms with Crippen LogP contribution in [0.2, 0.25) is 0 Å². The quantitative estimate of drug-likeness (QED) is 0.536. The molecule has 0 spiro atoms. The normalized spacial score (nSPS) is 13.0. The number of esters is 1. The summed E-state index contributed by atoms with van der Waals surface area (Å²) in [7, 11) is 0. The zero-order valence-electron chi connectivity index (χ0n) is 14.7. The van der Waals surface area contributed by atoms with E-state index in [9.17, 15) is 22.8 Å². The minimum absolute atomic E-state index is 0.171. The molecule has 8 heteroatoms. The van der Waals surface area contributed by atoms with Gasteiger partial charge in [0, 0.05) is 6.08 Å². The highest BCUT2D eigenvalue weighted by atomic mass is 19.4. The standard InChI is InChI=1S/C20H15F3N2O3/c1-12(18-24-16-8-3-2-7-15(16)19(27)25-18)28-17(26)10-9-13-5-4-6-14(11-13)20(21,22)23/h2-12H,1H3,(H,24,25,27)/b10-9+/t12-/m1/s1. The third-order valence-corrected chi connectivity index (χ3v) is 3.93. The number of nitrogens with one attached hydrogen (secondary N) is 1. The van der Waals surface area contributed by atoms with Crippen LogP contribution in [0.3, 0.4) is 0 Å². The van der Waals surface area contributed by atoms with Crippen LogP contribution in [0.4, 0.5) is 13.2 Å². The summed E-state index contributed by atoms with van der Waals surface area (Å²) in [4.78, 5) is 30.9. The zero-order chi connectivity index (χ0) is 20.3. The van der Waals surface area contributed by atoms with Gasteiger partial charge in [-0.05, 0) is 42.8 Å². The second kappa shape index (κ2) is 7.67. The lowest BCUT2D eigenvalue weighted by molar-refractivity contribution is -0.142. The van der Waals surface area contributed by atoms with E-state index in [2.05, 4.69) is 9.97 Å². The summed E-state index contributed by atoms with van der Waals surface area (Å²) in [5.74, 6) is -0.606. The number of hydrogen-bond donors (Lipinski definition) is 1. The first-order valence-corrected chi connectivity index (χ1v) is 8.29. The Bertz CT molecular complexity index is 1100. The Morgan fingerprint density at radius 3 is 2.68 bits per heavy atom. The Balaban J connectivity index is 1.73. The maximum absolute atomic E-state index is 12.7. The molecule has 5 nitrogen and oxygen atoms in total. The molecule has 0 saturated heterocycles. The fourth-order valence-corrected chi connectivity index (χ4v) is 2.55. The van der Waals surface area contributed by atoms with E-state index in [1.54, 1.807) is 24.3 Å². The van der Waals surface area contributed by atoms with Crippen LogP contribution in [-0.2, 0) is 15.7 Å². The molecule has 0 amide bonds. The van der Waals surface area contributed by atoms with E-state index < -0.39 is 23.8 Å².